The second-order valence-corrected chi connectivity index (χ2v) is 9.14. The van der Waals surface area contributed by atoms with Crippen LogP contribution in [0.5, 0.6) is 17.2 Å². The van der Waals surface area contributed by atoms with Crippen molar-refractivity contribution >= 4 is 17.5 Å². The molecule has 3 aromatic rings. The second-order valence-electron chi connectivity index (χ2n) is 9.14. The van der Waals surface area contributed by atoms with Crippen molar-refractivity contribution in [2.45, 2.75) is 45.3 Å². The van der Waals surface area contributed by atoms with E-state index in [2.05, 4.69) is 5.32 Å². The summed E-state index contributed by atoms with van der Waals surface area (Å²) in [7, 11) is 3.21. The molecule has 0 aliphatic carbocycles. The maximum atomic E-state index is 13.1. The van der Waals surface area contributed by atoms with Gasteiger partial charge in [-0.05, 0) is 61.2 Å². The zero-order chi connectivity index (χ0) is 26.4. The van der Waals surface area contributed by atoms with Crippen molar-refractivity contribution < 1.29 is 23.8 Å². The van der Waals surface area contributed by atoms with E-state index in [0.29, 0.717) is 48.9 Å². The smallest absolute Gasteiger partial charge is 0.263 e. The molecule has 0 bridgehead atoms. The molecule has 0 saturated heterocycles. The van der Waals surface area contributed by atoms with E-state index in [1.165, 1.54) is 0 Å². The number of methoxy groups -OCH3 is 2. The number of anilines is 1. The molecular weight excluding hydrogens is 468 g/mol. The van der Waals surface area contributed by atoms with E-state index in [1.54, 1.807) is 26.0 Å². The van der Waals surface area contributed by atoms with E-state index in [9.17, 15) is 9.59 Å². The first-order valence-electron chi connectivity index (χ1n) is 12.6. The summed E-state index contributed by atoms with van der Waals surface area (Å²) in [6, 6.07) is 21.1. The van der Waals surface area contributed by atoms with Gasteiger partial charge in [0, 0.05) is 24.3 Å². The first-order chi connectivity index (χ1) is 17.9. The molecular formula is C30H34N2O5. The van der Waals surface area contributed by atoms with Crippen LogP contribution < -0.4 is 19.5 Å². The summed E-state index contributed by atoms with van der Waals surface area (Å²) < 4.78 is 16.7. The van der Waals surface area contributed by atoms with Crippen LogP contribution in [0.15, 0.2) is 66.7 Å². The molecule has 0 saturated carbocycles. The van der Waals surface area contributed by atoms with Gasteiger partial charge in [0.2, 0.25) is 5.91 Å². The van der Waals surface area contributed by atoms with Gasteiger partial charge >= 0.3 is 0 Å². The largest absolute Gasteiger partial charge is 0.493 e. The Labute approximate surface area is 218 Å². The zero-order valence-electron chi connectivity index (χ0n) is 21.8. The normalized spacial score (nSPS) is 15.7. The molecule has 3 aromatic carbocycles. The lowest BCUT2D eigenvalue weighted by molar-refractivity contribution is -0.137. The minimum atomic E-state index is -0.602. The van der Waals surface area contributed by atoms with E-state index in [4.69, 9.17) is 14.2 Å². The number of carbonyl (C=O) groups excluding carboxylic acids is 2. The highest BCUT2D eigenvalue weighted by atomic mass is 16.5. The quantitative estimate of drug-likeness (QED) is 0.436. The predicted octanol–water partition coefficient (Wildman–Crippen LogP) is 5.19. The van der Waals surface area contributed by atoms with Gasteiger partial charge in [-0.1, -0.05) is 43.3 Å². The molecule has 4 rings (SSSR count). The monoisotopic (exact) mass is 502 g/mol. The molecule has 0 aromatic heterocycles. The highest BCUT2D eigenvalue weighted by Gasteiger charge is 2.28. The second kappa shape index (κ2) is 11.8. The number of amides is 2. The van der Waals surface area contributed by atoms with E-state index in [1.807, 2.05) is 73.7 Å². The maximum Gasteiger partial charge on any atom is 0.263 e. The van der Waals surface area contributed by atoms with Crippen LogP contribution in [0.25, 0.3) is 0 Å². The van der Waals surface area contributed by atoms with E-state index < -0.39 is 6.10 Å². The third-order valence-electron chi connectivity index (χ3n) is 6.70. The number of fused-ring (bicyclic) bond motifs is 1. The average molecular weight is 503 g/mol. The molecule has 1 heterocycles. The van der Waals surface area contributed by atoms with Crippen LogP contribution in [-0.4, -0.2) is 43.6 Å². The number of ether oxygens (including phenoxy) is 3. The number of nitrogens with one attached hydrogen (secondary N) is 1. The van der Waals surface area contributed by atoms with Crippen LogP contribution in [0.3, 0.4) is 0 Å². The predicted molar refractivity (Wildman–Crippen MR) is 143 cm³/mol. The van der Waals surface area contributed by atoms with Crippen LogP contribution in [-0.2, 0) is 22.6 Å². The Bertz CT molecular complexity index is 1240. The third-order valence-corrected chi connectivity index (χ3v) is 6.70. The summed E-state index contributed by atoms with van der Waals surface area (Å²) in [6.07, 6.45) is 0.745. The lowest BCUT2D eigenvalue weighted by atomic mass is 9.95. The van der Waals surface area contributed by atoms with Crippen molar-refractivity contribution in [2.24, 2.45) is 0 Å². The molecule has 37 heavy (non-hydrogen) atoms. The number of benzene rings is 3. The van der Waals surface area contributed by atoms with Crippen molar-refractivity contribution in [2.75, 3.05) is 26.1 Å². The van der Waals surface area contributed by atoms with Gasteiger partial charge in [-0.2, -0.15) is 0 Å². The Balaban J connectivity index is 1.49. The molecule has 2 atom stereocenters. The first-order valence-corrected chi connectivity index (χ1v) is 12.6. The van der Waals surface area contributed by atoms with Crippen molar-refractivity contribution in [1.29, 1.82) is 0 Å². The Morgan fingerprint density at radius 1 is 1.05 bits per heavy atom. The van der Waals surface area contributed by atoms with Crippen molar-refractivity contribution in [3.8, 4) is 17.2 Å². The molecule has 1 aliphatic rings. The van der Waals surface area contributed by atoms with Gasteiger partial charge < -0.3 is 24.4 Å². The van der Waals surface area contributed by atoms with Crippen molar-refractivity contribution in [3.63, 3.8) is 0 Å². The van der Waals surface area contributed by atoms with Gasteiger partial charge in [-0.25, -0.2) is 0 Å². The molecule has 2 amide bonds. The molecule has 1 N–H and O–H groups in total. The molecule has 0 unspecified atom stereocenters. The van der Waals surface area contributed by atoms with Crippen LogP contribution in [0.2, 0.25) is 0 Å². The molecule has 7 heteroatoms. The van der Waals surface area contributed by atoms with Crippen LogP contribution >= 0.6 is 0 Å². The molecule has 1 aliphatic heterocycles. The van der Waals surface area contributed by atoms with E-state index in [-0.39, 0.29) is 17.7 Å². The molecule has 194 valence electrons. The summed E-state index contributed by atoms with van der Waals surface area (Å²) in [5.41, 5.74) is 3.57. The fourth-order valence-corrected chi connectivity index (χ4v) is 4.65. The zero-order valence-corrected chi connectivity index (χ0v) is 21.8. The van der Waals surface area contributed by atoms with Gasteiger partial charge in [0.1, 0.15) is 5.75 Å². The molecule has 0 spiro atoms. The number of carbonyl (C=O) groups is 2. The first kappa shape index (κ1) is 26.1. The summed E-state index contributed by atoms with van der Waals surface area (Å²) >= 11 is 0. The van der Waals surface area contributed by atoms with Crippen LogP contribution in [0.1, 0.15) is 42.9 Å². The summed E-state index contributed by atoms with van der Waals surface area (Å²) in [4.78, 5) is 28.0. The Kier molecular flexibility index (Phi) is 8.33. The lowest BCUT2D eigenvalue weighted by Gasteiger charge is -2.22. The minimum Gasteiger partial charge on any atom is -0.493 e. The number of hydrogen-bond donors (Lipinski definition) is 1. The number of nitrogens with zero attached hydrogens (tertiary/aromatic N) is 1. The Hall–Kier alpha value is -4.00. The standard InChI is InChI=1S/C30H34N2O5/c1-5-25(22-9-7-6-8-10-22)29(33)31-24-12-14-26-23(18-24)19-32(30(34)20(2)37-26)16-15-21-11-13-27(35-3)28(17-21)36-4/h6-14,17-18,20,25H,5,15-16,19H2,1-4H3,(H,31,33)/t20-,25+/m0/s1. The highest BCUT2D eigenvalue weighted by molar-refractivity contribution is 5.96. The Morgan fingerprint density at radius 3 is 2.51 bits per heavy atom. The van der Waals surface area contributed by atoms with Crippen LogP contribution in [0, 0.1) is 0 Å². The van der Waals surface area contributed by atoms with E-state index in [0.717, 1.165) is 16.7 Å². The van der Waals surface area contributed by atoms with Gasteiger partial charge in [0.05, 0.1) is 20.1 Å². The van der Waals surface area contributed by atoms with Crippen molar-refractivity contribution in [1.82, 2.24) is 4.90 Å². The highest BCUT2D eigenvalue weighted by Crippen LogP contribution is 2.31. The topological polar surface area (TPSA) is 77.1 Å². The molecule has 7 nitrogen and oxygen atoms in total. The fourth-order valence-electron chi connectivity index (χ4n) is 4.65. The lowest BCUT2D eigenvalue weighted by Crippen LogP contribution is -2.39. The van der Waals surface area contributed by atoms with E-state index >= 15 is 0 Å². The van der Waals surface area contributed by atoms with Gasteiger partial charge in [0.25, 0.3) is 5.91 Å². The van der Waals surface area contributed by atoms with Crippen molar-refractivity contribution in [3.05, 3.63) is 83.4 Å². The van der Waals surface area contributed by atoms with Gasteiger partial charge in [-0.15, -0.1) is 0 Å². The SMILES string of the molecule is CC[C@@H](C(=O)Nc1ccc2c(c1)CN(CCc1ccc(OC)c(OC)c1)C(=O)[C@H](C)O2)c1ccccc1. The van der Waals surface area contributed by atoms with Crippen LogP contribution in [0.4, 0.5) is 5.69 Å². The summed E-state index contributed by atoms with van der Waals surface area (Å²) in [5.74, 6) is 1.61. The number of rotatable bonds is 9. The number of hydrogen-bond acceptors (Lipinski definition) is 5. The average Bonchev–Trinajstić information content (AvgIpc) is 3.03. The Morgan fingerprint density at radius 2 is 1.81 bits per heavy atom. The summed E-state index contributed by atoms with van der Waals surface area (Å²) in [5, 5.41) is 3.06. The maximum absolute atomic E-state index is 13.1. The molecule has 0 radical (unpaired) electrons. The minimum absolute atomic E-state index is 0.0575. The third kappa shape index (κ3) is 6.05. The van der Waals surface area contributed by atoms with Gasteiger partial charge in [0.15, 0.2) is 17.6 Å². The fraction of sp³-hybridized carbons (Fsp3) is 0.333. The summed E-state index contributed by atoms with van der Waals surface area (Å²) in [6.45, 7) is 4.68. The van der Waals surface area contributed by atoms with Gasteiger partial charge in [-0.3, -0.25) is 9.59 Å². The molecule has 0 fully saturated rings.